The van der Waals surface area contributed by atoms with Crippen LogP contribution in [0.4, 0.5) is 5.69 Å². The van der Waals surface area contributed by atoms with Gasteiger partial charge < -0.3 is 19.9 Å². The number of methoxy groups -OCH3 is 1. The monoisotopic (exact) mass is 329 g/mol. The van der Waals surface area contributed by atoms with Gasteiger partial charge in [-0.2, -0.15) is 0 Å². The number of hydrogen-bond acceptors (Lipinski definition) is 4. The van der Waals surface area contributed by atoms with Crippen LogP contribution in [0.15, 0.2) is 42.5 Å². The summed E-state index contributed by atoms with van der Waals surface area (Å²) in [6.45, 7) is 6.18. The Hall–Kier alpha value is -2.69. The zero-order valence-corrected chi connectivity index (χ0v) is 14.4. The second-order valence-electron chi connectivity index (χ2n) is 6.47. The van der Waals surface area contributed by atoms with Crippen molar-refractivity contribution in [3.63, 3.8) is 0 Å². The van der Waals surface area contributed by atoms with Gasteiger partial charge in [-0.15, -0.1) is 0 Å². The summed E-state index contributed by atoms with van der Waals surface area (Å²) >= 11 is 0. The highest BCUT2D eigenvalue weighted by molar-refractivity contribution is 5.92. The van der Waals surface area contributed by atoms with Crippen molar-refractivity contribution >= 4 is 11.6 Å². The molecule has 2 rings (SSSR count). The van der Waals surface area contributed by atoms with E-state index >= 15 is 0 Å². The molecule has 24 heavy (non-hydrogen) atoms. The molecule has 0 heterocycles. The second-order valence-corrected chi connectivity index (χ2v) is 6.47. The van der Waals surface area contributed by atoms with Crippen molar-refractivity contribution in [1.82, 2.24) is 0 Å². The van der Waals surface area contributed by atoms with Crippen LogP contribution in [0.25, 0.3) is 0 Å². The van der Waals surface area contributed by atoms with Gasteiger partial charge in [-0.3, -0.25) is 4.79 Å². The van der Waals surface area contributed by atoms with Gasteiger partial charge in [0.25, 0.3) is 5.91 Å². The third-order valence-corrected chi connectivity index (χ3v) is 3.52. The zero-order chi connectivity index (χ0) is 17.7. The highest BCUT2D eigenvalue weighted by atomic mass is 16.5. The Labute approximate surface area is 142 Å². The summed E-state index contributed by atoms with van der Waals surface area (Å²) in [7, 11) is 1.45. The van der Waals surface area contributed by atoms with Crippen LogP contribution in [-0.2, 0) is 10.2 Å². The first kappa shape index (κ1) is 17.7. The number of phenolic OH excluding ortho intramolecular Hbond substituents is 1. The maximum atomic E-state index is 12.1. The molecule has 0 saturated heterocycles. The lowest BCUT2D eigenvalue weighted by Gasteiger charge is -2.22. The molecule has 0 aliphatic carbocycles. The molecule has 0 atom stereocenters. The third-order valence-electron chi connectivity index (χ3n) is 3.52. The summed E-state index contributed by atoms with van der Waals surface area (Å²) in [5, 5.41) is 12.3. The Morgan fingerprint density at radius 3 is 2.50 bits per heavy atom. The van der Waals surface area contributed by atoms with E-state index in [1.165, 1.54) is 13.2 Å². The number of amides is 1. The van der Waals surface area contributed by atoms with E-state index in [1.54, 1.807) is 12.1 Å². The predicted molar refractivity (Wildman–Crippen MR) is 93.9 cm³/mol. The van der Waals surface area contributed by atoms with Crippen LogP contribution in [0, 0.1) is 0 Å². The zero-order valence-electron chi connectivity index (χ0n) is 14.4. The lowest BCUT2D eigenvalue weighted by Crippen LogP contribution is -2.22. The molecular formula is C19H23NO4. The maximum absolute atomic E-state index is 12.1. The molecule has 0 aliphatic heterocycles. The maximum Gasteiger partial charge on any atom is 0.262 e. The molecular weight excluding hydrogens is 306 g/mol. The fourth-order valence-corrected chi connectivity index (χ4v) is 2.31. The van der Waals surface area contributed by atoms with E-state index in [4.69, 9.17) is 9.47 Å². The number of hydrogen-bond donors (Lipinski definition) is 2. The number of carbonyl (C=O) groups is 1. The number of nitrogens with one attached hydrogen (secondary N) is 1. The normalized spacial score (nSPS) is 11.0. The first-order chi connectivity index (χ1) is 11.3. The first-order valence-corrected chi connectivity index (χ1v) is 7.70. The standard InChI is InChI=1S/C19H23NO4/c1-19(2,3)14-7-5-6-8-16(14)24-12-18(22)20-13-9-10-15(21)17(11-13)23-4/h5-11,21H,12H2,1-4H3,(H,20,22). The molecule has 5 heteroatoms. The first-order valence-electron chi connectivity index (χ1n) is 7.70. The van der Waals surface area contributed by atoms with Gasteiger partial charge in [-0.05, 0) is 29.2 Å². The minimum Gasteiger partial charge on any atom is -0.504 e. The van der Waals surface area contributed by atoms with E-state index in [2.05, 4.69) is 26.1 Å². The van der Waals surface area contributed by atoms with Crippen molar-refractivity contribution in [3.8, 4) is 17.2 Å². The Kier molecular flexibility index (Phi) is 5.34. The smallest absolute Gasteiger partial charge is 0.262 e. The Morgan fingerprint density at radius 2 is 1.83 bits per heavy atom. The summed E-state index contributed by atoms with van der Waals surface area (Å²) < 4.78 is 10.7. The van der Waals surface area contributed by atoms with Crippen molar-refractivity contribution in [2.45, 2.75) is 26.2 Å². The molecule has 0 bridgehead atoms. The van der Waals surface area contributed by atoms with Gasteiger partial charge in [-0.1, -0.05) is 39.0 Å². The van der Waals surface area contributed by atoms with Crippen molar-refractivity contribution < 1.29 is 19.4 Å². The highest BCUT2D eigenvalue weighted by Gasteiger charge is 2.19. The van der Waals surface area contributed by atoms with Gasteiger partial charge in [-0.25, -0.2) is 0 Å². The Balaban J connectivity index is 2.02. The molecule has 2 N–H and O–H groups in total. The van der Waals surface area contributed by atoms with Crippen LogP contribution in [0.2, 0.25) is 0 Å². The van der Waals surface area contributed by atoms with Crippen molar-refractivity contribution in [2.24, 2.45) is 0 Å². The van der Waals surface area contributed by atoms with Crippen molar-refractivity contribution in [1.29, 1.82) is 0 Å². The van der Waals surface area contributed by atoms with Crippen molar-refractivity contribution in [2.75, 3.05) is 19.0 Å². The number of aromatic hydroxyl groups is 1. The fraction of sp³-hybridized carbons (Fsp3) is 0.316. The molecule has 0 spiro atoms. The molecule has 0 aromatic heterocycles. The van der Waals surface area contributed by atoms with E-state index in [-0.39, 0.29) is 23.7 Å². The number of anilines is 1. The van der Waals surface area contributed by atoms with E-state index < -0.39 is 0 Å². The third kappa shape index (κ3) is 4.41. The predicted octanol–water partition coefficient (Wildman–Crippen LogP) is 3.72. The minimum absolute atomic E-state index is 0.0193. The second kappa shape index (κ2) is 7.25. The van der Waals surface area contributed by atoms with E-state index in [1.807, 2.05) is 24.3 Å². The largest absolute Gasteiger partial charge is 0.504 e. The molecule has 0 fully saturated rings. The number of carbonyl (C=O) groups excluding carboxylic acids is 1. The fourth-order valence-electron chi connectivity index (χ4n) is 2.31. The van der Waals surface area contributed by atoms with Crippen LogP contribution in [0.3, 0.4) is 0 Å². The van der Waals surface area contributed by atoms with E-state index in [9.17, 15) is 9.90 Å². The number of benzene rings is 2. The topological polar surface area (TPSA) is 67.8 Å². The summed E-state index contributed by atoms with van der Waals surface area (Å²) in [6.07, 6.45) is 0. The van der Waals surface area contributed by atoms with Crippen molar-refractivity contribution in [3.05, 3.63) is 48.0 Å². The Morgan fingerprint density at radius 1 is 1.12 bits per heavy atom. The van der Waals surface area contributed by atoms with Gasteiger partial charge in [0, 0.05) is 11.8 Å². The van der Waals surface area contributed by atoms with Gasteiger partial charge in [0.15, 0.2) is 18.1 Å². The molecule has 0 saturated carbocycles. The van der Waals surface area contributed by atoms with Gasteiger partial charge in [0.1, 0.15) is 5.75 Å². The lowest BCUT2D eigenvalue weighted by molar-refractivity contribution is -0.118. The molecule has 0 radical (unpaired) electrons. The average molecular weight is 329 g/mol. The highest BCUT2D eigenvalue weighted by Crippen LogP contribution is 2.31. The molecule has 0 aliphatic rings. The minimum atomic E-state index is -0.286. The van der Waals surface area contributed by atoms with Gasteiger partial charge in [0.2, 0.25) is 0 Å². The molecule has 2 aromatic rings. The summed E-state index contributed by atoms with van der Waals surface area (Å²) in [6, 6.07) is 12.3. The average Bonchev–Trinajstić information content (AvgIpc) is 2.54. The quantitative estimate of drug-likeness (QED) is 0.821. The molecule has 1 amide bonds. The van der Waals surface area contributed by atoms with Crippen LogP contribution in [0.1, 0.15) is 26.3 Å². The number of ether oxygens (including phenoxy) is 2. The van der Waals surface area contributed by atoms with Gasteiger partial charge >= 0.3 is 0 Å². The summed E-state index contributed by atoms with van der Waals surface area (Å²) in [4.78, 5) is 12.1. The van der Waals surface area contributed by atoms with Crippen LogP contribution in [0.5, 0.6) is 17.2 Å². The number of rotatable bonds is 5. The molecule has 2 aromatic carbocycles. The Bertz CT molecular complexity index is 720. The molecule has 128 valence electrons. The molecule has 0 unspecified atom stereocenters. The van der Waals surface area contributed by atoms with E-state index in [0.29, 0.717) is 17.2 Å². The van der Waals surface area contributed by atoms with Gasteiger partial charge in [0.05, 0.1) is 7.11 Å². The van der Waals surface area contributed by atoms with Crippen LogP contribution >= 0.6 is 0 Å². The van der Waals surface area contributed by atoms with Crippen LogP contribution in [-0.4, -0.2) is 24.7 Å². The van der Waals surface area contributed by atoms with E-state index in [0.717, 1.165) is 5.56 Å². The summed E-state index contributed by atoms with van der Waals surface area (Å²) in [5.41, 5.74) is 1.50. The summed E-state index contributed by atoms with van der Waals surface area (Å²) in [5.74, 6) is 0.729. The SMILES string of the molecule is COc1cc(NC(=O)COc2ccccc2C(C)(C)C)ccc1O. The molecule has 5 nitrogen and oxygen atoms in total. The number of phenols is 1. The van der Waals surface area contributed by atoms with Crippen LogP contribution < -0.4 is 14.8 Å². The lowest BCUT2D eigenvalue weighted by atomic mass is 9.86. The number of para-hydroxylation sites is 1.